The van der Waals surface area contributed by atoms with Crippen LogP contribution in [-0.4, -0.2) is 7.11 Å². The zero-order chi connectivity index (χ0) is 13.5. The molecule has 2 aromatic carbocycles. The Labute approximate surface area is 115 Å². The molecule has 0 spiro atoms. The Morgan fingerprint density at radius 1 is 1.05 bits per heavy atom. The van der Waals surface area contributed by atoms with Crippen LogP contribution in [0.5, 0.6) is 5.75 Å². The van der Waals surface area contributed by atoms with Gasteiger partial charge in [-0.3, -0.25) is 0 Å². The summed E-state index contributed by atoms with van der Waals surface area (Å²) in [6.07, 6.45) is 2.26. The fourth-order valence-corrected chi connectivity index (χ4v) is 2.21. The van der Waals surface area contributed by atoms with Crippen LogP contribution < -0.4 is 10.1 Å². The van der Waals surface area contributed by atoms with Crippen molar-refractivity contribution < 1.29 is 4.74 Å². The van der Waals surface area contributed by atoms with Gasteiger partial charge in [0.15, 0.2) is 0 Å². The Bertz CT molecular complexity index is 496. The van der Waals surface area contributed by atoms with Gasteiger partial charge in [-0.2, -0.15) is 0 Å². The smallest absolute Gasteiger partial charge is 0.120 e. The average molecular weight is 255 g/mol. The number of benzene rings is 2. The SMILES string of the molecule is CCCC(Nc1cccc(OC)c1)c1ccccc1. The summed E-state index contributed by atoms with van der Waals surface area (Å²) >= 11 is 0. The molecule has 2 heteroatoms. The van der Waals surface area contributed by atoms with Gasteiger partial charge in [-0.05, 0) is 24.1 Å². The van der Waals surface area contributed by atoms with E-state index in [9.17, 15) is 0 Å². The summed E-state index contributed by atoms with van der Waals surface area (Å²) in [5, 5.41) is 3.59. The minimum atomic E-state index is 0.346. The summed E-state index contributed by atoms with van der Waals surface area (Å²) in [6.45, 7) is 2.21. The maximum atomic E-state index is 5.26. The fraction of sp³-hybridized carbons (Fsp3) is 0.294. The molecule has 0 aliphatic heterocycles. The van der Waals surface area contributed by atoms with Crippen LogP contribution in [0.1, 0.15) is 31.4 Å². The van der Waals surface area contributed by atoms with E-state index < -0.39 is 0 Å². The lowest BCUT2D eigenvalue weighted by atomic mass is 10.0. The second-order valence-electron chi connectivity index (χ2n) is 4.63. The molecule has 1 N–H and O–H groups in total. The highest BCUT2D eigenvalue weighted by Crippen LogP contribution is 2.25. The molecule has 2 rings (SSSR count). The molecule has 19 heavy (non-hydrogen) atoms. The third-order valence-electron chi connectivity index (χ3n) is 3.19. The Hall–Kier alpha value is -1.96. The highest BCUT2D eigenvalue weighted by Gasteiger charge is 2.10. The van der Waals surface area contributed by atoms with Gasteiger partial charge in [0.1, 0.15) is 5.75 Å². The van der Waals surface area contributed by atoms with Crippen LogP contribution in [0.15, 0.2) is 54.6 Å². The van der Waals surface area contributed by atoms with E-state index in [2.05, 4.69) is 48.6 Å². The number of nitrogens with one attached hydrogen (secondary N) is 1. The van der Waals surface area contributed by atoms with Crippen LogP contribution in [0, 0.1) is 0 Å². The van der Waals surface area contributed by atoms with Gasteiger partial charge < -0.3 is 10.1 Å². The summed E-state index contributed by atoms with van der Waals surface area (Å²) in [6, 6.07) is 19.0. The molecule has 100 valence electrons. The minimum absolute atomic E-state index is 0.346. The lowest BCUT2D eigenvalue weighted by Crippen LogP contribution is -2.10. The van der Waals surface area contributed by atoms with Crippen LogP contribution in [0.2, 0.25) is 0 Å². The van der Waals surface area contributed by atoms with E-state index in [0.717, 1.165) is 24.3 Å². The third-order valence-corrected chi connectivity index (χ3v) is 3.19. The van der Waals surface area contributed by atoms with E-state index in [1.807, 2.05) is 18.2 Å². The molecule has 2 nitrogen and oxygen atoms in total. The quantitative estimate of drug-likeness (QED) is 0.811. The van der Waals surface area contributed by atoms with Gasteiger partial charge >= 0.3 is 0 Å². The van der Waals surface area contributed by atoms with Crippen LogP contribution in [0.4, 0.5) is 5.69 Å². The van der Waals surface area contributed by atoms with Crippen molar-refractivity contribution >= 4 is 5.69 Å². The fourth-order valence-electron chi connectivity index (χ4n) is 2.21. The standard InChI is InChI=1S/C17H21NO/c1-3-8-17(14-9-5-4-6-10-14)18-15-11-7-12-16(13-15)19-2/h4-7,9-13,17-18H,3,8H2,1-2H3. The number of hydrogen-bond donors (Lipinski definition) is 1. The molecule has 0 saturated carbocycles. The Balaban J connectivity index is 2.16. The monoisotopic (exact) mass is 255 g/mol. The molecule has 0 bridgehead atoms. The Morgan fingerprint density at radius 2 is 1.84 bits per heavy atom. The van der Waals surface area contributed by atoms with Crippen molar-refractivity contribution in [2.45, 2.75) is 25.8 Å². The molecule has 1 atom stereocenters. The second-order valence-corrected chi connectivity index (χ2v) is 4.63. The molecular weight excluding hydrogens is 234 g/mol. The number of ether oxygens (including phenoxy) is 1. The van der Waals surface area contributed by atoms with Crippen LogP contribution in [-0.2, 0) is 0 Å². The van der Waals surface area contributed by atoms with Crippen LogP contribution in [0.25, 0.3) is 0 Å². The molecule has 0 aliphatic carbocycles. The van der Waals surface area contributed by atoms with E-state index in [4.69, 9.17) is 4.74 Å². The van der Waals surface area contributed by atoms with Gasteiger partial charge in [0.05, 0.1) is 13.2 Å². The topological polar surface area (TPSA) is 21.3 Å². The number of hydrogen-bond acceptors (Lipinski definition) is 2. The highest BCUT2D eigenvalue weighted by molar-refractivity contribution is 5.49. The predicted molar refractivity (Wildman–Crippen MR) is 80.7 cm³/mol. The number of rotatable bonds is 6. The summed E-state index contributed by atoms with van der Waals surface area (Å²) < 4.78 is 5.26. The van der Waals surface area contributed by atoms with Gasteiger partial charge in [-0.15, -0.1) is 0 Å². The molecule has 0 radical (unpaired) electrons. The van der Waals surface area contributed by atoms with E-state index in [1.165, 1.54) is 5.56 Å². The minimum Gasteiger partial charge on any atom is -0.497 e. The van der Waals surface area contributed by atoms with E-state index >= 15 is 0 Å². The predicted octanol–water partition coefficient (Wildman–Crippen LogP) is 4.65. The molecular formula is C17H21NO. The number of methoxy groups -OCH3 is 1. The molecule has 0 aromatic heterocycles. The van der Waals surface area contributed by atoms with Gasteiger partial charge in [0, 0.05) is 11.8 Å². The second kappa shape index (κ2) is 6.83. The molecule has 2 aromatic rings. The lowest BCUT2D eigenvalue weighted by molar-refractivity contribution is 0.415. The normalized spacial score (nSPS) is 11.9. The van der Waals surface area contributed by atoms with E-state index in [1.54, 1.807) is 7.11 Å². The van der Waals surface area contributed by atoms with Crippen molar-refractivity contribution in [3.63, 3.8) is 0 Å². The third kappa shape index (κ3) is 3.75. The summed E-state index contributed by atoms with van der Waals surface area (Å²) in [4.78, 5) is 0. The summed E-state index contributed by atoms with van der Waals surface area (Å²) in [5.74, 6) is 0.883. The van der Waals surface area contributed by atoms with Crippen molar-refractivity contribution in [2.75, 3.05) is 12.4 Å². The molecule has 0 aliphatic rings. The number of anilines is 1. The van der Waals surface area contributed by atoms with Gasteiger partial charge in [-0.25, -0.2) is 0 Å². The Morgan fingerprint density at radius 3 is 2.53 bits per heavy atom. The van der Waals surface area contributed by atoms with Crippen molar-refractivity contribution in [3.05, 3.63) is 60.2 Å². The van der Waals surface area contributed by atoms with Crippen LogP contribution in [0.3, 0.4) is 0 Å². The first-order chi connectivity index (χ1) is 9.33. The first-order valence-corrected chi connectivity index (χ1v) is 6.79. The maximum Gasteiger partial charge on any atom is 0.120 e. The summed E-state index contributed by atoms with van der Waals surface area (Å²) in [7, 11) is 1.69. The first kappa shape index (κ1) is 13.5. The largest absolute Gasteiger partial charge is 0.497 e. The first-order valence-electron chi connectivity index (χ1n) is 6.79. The summed E-state index contributed by atoms with van der Waals surface area (Å²) in [5.41, 5.74) is 2.42. The van der Waals surface area contributed by atoms with Crippen molar-refractivity contribution in [2.24, 2.45) is 0 Å². The zero-order valence-corrected chi connectivity index (χ0v) is 11.6. The maximum absolute atomic E-state index is 5.26. The van der Waals surface area contributed by atoms with Crippen LogP contribution >= 0.6 is 0 Å². The molecule has 0 amide bonds. The zero-order valence-electron chi connectivity index (χ0n) is 11.6. The van der Waals surface area contributed by atoms with E-state index in [-0.39, 0.29) is 0 Å². The average Bonchev–Trinajstić information content (AvgIpc) is 2.48. The van der Waals surface area contributed by atoms with Gasteiger partial charge in [-0.1, -0.05) is 49.7 Å². The molecule has 0 heterocycles. The van der Waals surface area contributed by atoms with Crippen molar-refractivity contribution in [1.29, 1.82) is 0 Å². The van der Waals surface area contributed by atoms with Gasteiger partial charge in [0.25, 0.3) is 0 Å². The molecule has 0 fully saturated rings. The molecule has 1 unspecified atom stereocenters. The molecule has 0 saturated heterocycles. The Kier molecular flexibility index (Phi) is 4.85. The van der Waals surface area contributed by atoms with Crippen molar-refractivity contribution in [1.82, 2.24) is 0 Å². The van der Waals surface area contributed by atoms with E-state index in [0.29, 0.717) is 6.04 Å². The van der Waals surface area contributed by atoms with Gasteiger partial charge in [0.2, 0.25) is 0 Å². The lowest BCUT2D eigenvalue weighted by Gasteiger charge is -2.20. The van der Waals surface area contributed by atoms with Crippen molar-refractivity contribution in [3.8, 4) is 5.75 Å². The highest BCUT2D eigenvalue weighted by atomic mass is 16.5.